The van der Waals surface area contributed by atoms with Crippen molar-refractivity contribution in [2.75, 3.05) is 19.5 Å². The molecule has 0 atom stereocenters. The Balaban J connectivity index is 1.93. The predicted octanol–water partition coefficient (Wildman–Crippen LogP) is 6.00. The summed E-state index contributed by atoms with van der Waals surface area (Å²) in [6, 6.07) is 15.9. The highest BCUT2D eigenvalue weighted by Crippen LogP contribution is 2.36. The summed E-state index contributed by atoms with van der Waals surface area (Å²) >= 11 is 0. The summed E-state index contributed by atoms with van der Waals surface area (Å²) in [5.74, 6) is -0.638. The maximum absolute atomic E-state index is 13.6. The average molecular weight is 449 g/mol. The number of ether oxygens (including phenoxy) is 2. The number of hydrogen-bond donors (Lipinski definition) is 1. The highest BCUT2D eigenvalue weighted by atomic mass is 19.1. The molecular weight excluding hydrogens is 419 g/mol. The molecule has 0 aliphatic heterocycles. The van der Waals surface area contributed by atoms with Crippen molar-refractivity contribution in [3.8, 4) is 11.1 Å². The van der Waals surface area contributed by atoms with Crippen molar-refractivity contribution in [3.05, 3.63) is 88.9 Å². The Labute approximate surface area is 194 Å². The molecule has 0 saturated carbocycles. The van der Waals surface area contributed by atoms with Crippen molar-refractivity contribution in [2.24, 2.45) is 0 Å². The van der Waals surface area contributed by atoms with Gasteiger partial charge in [0.25, 0.3) is 0 Å². The quantitative estimate of drug-likeness (QED) is 0.321. The van der Waals surface area contributed by atoms with Gasteiger partial charge in [-0.15, -0.1) is 0 Å². The zero-order valence-corrected chi connectivity index (χ0v) is 19.2. The summed E-state index contributed by atoms with van der Waals surface area (Å²) in [7, 11) is 1.33. The van der Waals surface area contributed by atoms with Gasteiger partial charge in [0.05, 0.1) is 31.6 Å². The molecule has 1 aromatic heterocycles. The van der Waals surface area contributed by atoms with E-state index in [9.17, 15) is 9.18 Å². The van der Waals surface area contributed by atoms with Crippen molar-refractivity contribution in [1.29, 1.82) is 0 Å². The molecule has 5 nitrogen and oxygen atoms in total. The van der Waals surface area contributed by atoms with Gasteiger partial charge >= 0.3 is 5.97 Å². The third-order valence-corrected chi connectivity index (χ3v) is 5.19. The van der Waals surface area contributed by atoms with Crippen molar-refractivity contribution in [1.82, 2.24) is 4.98 Å². The van der Waals surface area contributed by atoms with Crippen LogP contribution >= 0.6 is 0 Å². The fraction of sp³-hybridized carbons (Fsp3) is 0.259. The standard InChI is InChI=1S/C27H29FN2O3/c1-18(2)25-24(27(31)32-3)23(20-12-14-21(28)15-13-20)22(26(29)30-25)11-7-8-16-33-17-19-9-5-4-6-10-19/h4-7,9-15,18H,8,16-17H2,1-3H3,(H2,29,30)/b11-7+. The number of benzene rings is 2. The summed E-state index contributed by atoms with van der Waals surface area (Å²) in [5, 5.41) is 0. The zero-order chi connectivity index (χ0) is 23.8. The highest BCUT2D eigenvalue weighted by Gasteiger charge is 2.25. The normalized spacial score (nSPS) is 11.3. The fourth-order valence-electron chi connectivity index (χ4n) is 3.57. The second-order valence-corrected chi connectivity index (χ2v) is 7.93. The van der Waals surface area contributed by atoms with Gasteiger partial charge in [0.2, 0.25) is 0 Å². The van der Waals surface area contributed by atoms with Crippen LogP contribution in [0, 0.1) is 5.82 Å². The zero-order valence-electron chi connectivity index (χ0n) is 19.2. The van der Waals surface area contributed by atoms with Crippen molar-refractivity contribution in [3.63, 3.8) is 0 Å². The Morgan fingerprint density at radius 1 is 1.12 bits per heavy atom. The molecule has 33 heavy (non-hydrogen) atoms. The number of carbonyl (C=O) groups is 1. The largest absolute Gasteiger partial charge is 0.465 e. The summed E-state index contributed by atoms with van der Waals surface area (Å²) in [4.78, 5) is 17.3. The van der Waals surface area contributed by atoms with Crippen LogP contribution in [0.15, 0.2) is 60.7 Å². The summed E-state index contributed by atoms with van der Waals surface area (Å²) < 4.78 is 24.4. The summed E-state index contributed by atoms with van der Waals surface area (Å²) in [5.41, 5.74) is 10.2. The highest BCUT2D eigenvalue weighted by molar-refractivity contribution is 6.02. The molecule has 3 rings (SSSR count). The molecule has 1 heterocycles. The van der Waals surface area contributed by atoms with Gasteiger partial charge in [-0.2, -0.15) is 0 Å². The first-order chi connectivity index (χ1) is 15.9. The lowest BCUT2D eigenvalue weighted by Crippen LogP contribution is -2.14. The average Bonchev–Trinajstić information content (AvgIpc) is 2.82. The van der Waals surface area contributed by atoms with Gasteiger partial charge in [-0.25, -0.2) is 14.2 Å². The van der Waals surface area contributed by atoms with E-state index in [4.69, 9.17) is 15.2 Å². The number of esters is 1. The number of rotatable bonds is 9. The Morgan fingerprint density at radius 3 is 2.45 bits per heavy atom. The Morgan fingerprint density at radius 2 is 1.82 bits per heavy atom. The van der Waals surface area contributed by atoms with E-state index in [1.54, 1.807) is 12.1 Å². The number of methoxy groups -OCH3 is 1. The van der Waals surface area contributed by atoms with E-state index in [1.165, 1.54) is 19.2 Å². The summed E-state index contributed by atoms with van der Waals surface area (Å²) in [6.07, 6.45) is 4.42. The van der Waals surface area contributed by atoms with E-state index in [2.05, 4.69) is 4.98 Å². The lowest BCUT2D eigenvalue weighted by Gasteiger charge is -2.19. The van der Waals surface area contributed by atoms with Crippen LogP contribution in [0.1, 0.15) is 53.4 Å². The smallest absolute Gasteiger partial charge is 0.340 e. The van der Waals surface area contributed by atoms with E-state index in [1.807, 2.05) is 56.3 Å². The van der Waals surface area contributed by atoms with E-state index in [0.717, 1.165) is 5.56 Å². The molecule has 2 aromatic carbocycles. The molecule has 0 bridgehead atoms. The molecule has 0 saturated heterocycles. The number of halogens is 1. The van der Waals surface area contributed by atoms with Crippen LogP contribution in [0.5, 0.6) is 0 Å². The lowest BCUT2D eigenvalue weighted by atomic mass is 9.90. The number of pyridine rings is 1. The van der Waals surface area contributed by atoms with Gasteiger partial charge in [-0.3, -0.25) is 0 Å². The summed E-state index contributed by atoms with van der Waals surface area (Å²) in [6.45, 7) is 4.93. The van der Waals surface area contributed by atoms with E-state index in [-0.39, 0.29) is 11.7 Å². The van der Waals surface area contributed by atoms with Gasteiger partial charge in [0.15, 0.2) is 0 Å². The second kappa shape index (κ2) is 11.4. The molecule has 0 unspecified atom stereocenters. The minimum atomic E-state index is -0.508. The number of carbonyl (C=O) groups excluding carboxylic acids is 1. The molecule has 6 heteroatoms. The molecule has 0 aliphatic carbocycles. The molecule has 0 amide bonds. The first kappa shape index (κ1) is 24.1. The van der Waals surface area contributed by atoms with E-state index < -0.39 is 5.97 Å². The first-order valence-corrected chi connectivity index (χ1v) is 10.9. The number of aromatic nitrogens is 1. The second-order valence-electron chi connectivity index (χ2n) is 7.93. The predicted molar refractivity (Wildman–Crippen MR) is 129 cm³/mol. The molecule has 0 fully saturated rings. The fourth-order valence-corrected chi connectivity index (χ4v) is 3.57. The number of nitrogens with two attached hydrogens (primary N) is 1. The van der Waals surface area contributed by atoms with Crippen LogP contribution in [-0.2, 0) is 16.1 Å². The number of hydrogen-bond acceptors (Lipinski definition) is 5. The minimum absolute atomic E-state index is 0.0648. The maximum atomic E-state index is 13.6. The van der Waals surface area contributed by atoms with Crippen molar-refractivity contribution < 1.29 is 18.7 Å². The van der Waals surface area contributed by atoms with Crippen LogP contribution in [0.2, 0.25) is 0 Å². The van der Waals surface area contributed by atoms with Crippen LogP contribution in [0.25, 0.3) is 17.2 Å². The topological polar surface area (TPSA) is 74.4 Å². The van der Waals surface area contributed by atoms with Gasteiger partial charge in [-0.05, 0) is 35.6 Å². The van der Waals surface area contributed by atoms with Crippen LogP contribution in [0.4, 0.5) is 10.2 Å². The maximum Gasteiger partial charge on any atom is 0.340 e. The molecule has 0 radical (unpaired) electrons. The third-order valence-electron chi connectivity index (χ3n) is 5.19. The number of nitrogens with zero attached hydrogens (tertiary/aromatic N) is 1. The van der Waals surface area contributed by atoms with E-state index >= 15 is 0 Å². The molecule has 0 spiro atoms. The Bertz CT molecular complexity index is 1110. The third kappa shape index (κ3) is 6.05. The minimum Gasteiger partial charge on any atom is -0.465 e. The molecule has 0 aliphatic rings. The lowest BCUT2D eigenvalue weighted by molar-refractivity contribution is 0.0599. The van der Waals surface area contributed by atoms with Gasteiger partial charge in [-0.1, -0.05) is 68.5 Å². The molecular formula is C27H29FN2O3. The van der Waals surface area contributed by atoms with Crippen LogP contribution in [-0.4, -0.2) is 24.7 Å². The SMILES string of the molecule is COC(=O)c1c(C(C)C)nc(N)c(/C=C/CCOCc2ccccc2)c1-c1ccc(F)cc1. The Hall–Kier alpha value is -3.51. The van der Waals surface area contributed by atoms with E-state index in [0.29, 0.717) is 53.4 Å². The Kier molecular flexibility index (Phi) is 8.33. The molecule has 3 aromatic rings. The van der Waals surface area contributed by atoms with Crippen molar-refractivity contribution >= 4 is 17.9 Å². The van der Waals surface area contributed by atoms with Gasteiger partial charge in [0, 0.05) is 11.1 Å². The monoisotopic (exact) mass is 448 g/mol. The molecule has 172 valence electrons. The van der Waals surface area contributed by atoms with Crippen LogP contribution in [0.3, 0.4) is 0 Å². The van der Waals surface area contributed by atoms with Gasteiger partial charge in [0.1, 0.15) is 11.6 Å². The number of anilines is 1. The first-order valence-electron chi connectivity index (χ1n) is 10.9. The number of nitrogen functional groups attached to an aromatic ring is 1. The van der Waals surface area contributed by atoms with Crippen molar-refractivity contribution in [2.45, 2.75) is 32.8 Å². The van der Waals surface area contributed by atoms with Gasteiger partial charge < -0.3 is 15.2 Å². The molecule has 2 N–H and O–H groups in total. The van der Waals surface area contributed by atoms with Crippen LogP contribution < -0.4 is 5.73 Å².